The Hall–Kier alpha value is -2.53. The van der Waals surface area contributed by atoms with Crippen molar-refractivity contribution in [2.24, 2.45) is 0 Å². The van der Waals surface area contributed by atoms with Gasteiger partial charge in [0.05, 0.1) is 11.6 Å². The smallest absolute Gasteiger partial charge is 0.0991 e. The monoisotopic (exact) mass is 218 g/mol. The van der Waals surface area contributed by atoms with Gasteiger partial charge in [0.2, 0.25) is 0 Å². The Labute approximate surface area is 99.1 Å². The number of hydrogen-bond donors (Lipinski definition) is 1. The second kappa shape index (κ2) is 3.80. The predicted octanol–water partition coefficient (Wildman–Crippen LogP) is 3.71. The molecule has 3 aromatic rings. The highest BCUT2D eigenvalue weighted by atomic mass is 14.7. The minimum atomic E-state index is 0.688. The molecular weight excluding hydrogens is 208 g/mol. The largest absolute Gasteiger partial charge is 0.361 e. The minimum Gasteiger partial charge on any atom is -0.361 e. The van der Waals surface area contributed by atoms with Gasteiger partial charge in [-0.3, -0.25) is 0 Å². The summed E-state index contributed by atoms with van der Waals surface area (Å²) in [5.41, 5.74) is 4.01. The average Bonchev–Trinajstić information content (AvgIpc) is 2.82. The Morgan fingerprint density at radius 1 is 1.00 bits per heavy atom. The molecule has 0 spiro atoms. The van der Waals surface area contributed by atoms with E-state index in [1.54, 1.807) is 0 Å². The fraction of sp³-hybridized carbons (Fsp3) is 0. The van der Waals surface area contributed by atoms with Crippen LogP contribution in [0.1, 0.15) is 5.56 Å². The Morgan fingerprint density at radius 2 is 1.88 bits per heavy atom. The number of aromatic nitrogens is 1. The summed E-state index contributed by atoms with van der Waals surface area (Å²) in [5, 5.41) is 10.1. The first-order chi connectivity index (χ1) is 8.38. The van der Waals surface area contributed by atoms with Gasteiger partial charge in [-0.2, -0.15) is 5.26 Å². The van der Waals surface area contributed by atoms with Crippen molar-refractivity contribution in [3.8, 4) is 17.2 Å². The van der Waals surface area contributed by atoms with Gasteiger partial charge < -0.3 is 4.98 Å². The first kappa shape index (κ1) is 9.68. The molecule has 2 nitrogen and oxygen atoms in total. The molecule has 2 heteroatoms. The van der Waals surface area contributed by atoms with E-state index in [-0.39, 0.29) is 0 Å². The van der Waals surface area contributed by atoms with Gasteiger partial charge in [0.25, 0.3) is 0 Å². The van der Waals surface area contributed by atoms with Gasteiger partial charge in [0, 0.05) is 22.7 Å². The van der Waals surface area contributed by atoms with Crippen LogP contribution < -0.4 is 0 Å². The molecule has 0 saturated carbocycles. The zero-order valence-corrected chi connectivity index (χ0v) is 9.14. The van der Waals surface area contributed by atoms with E-state index >= 15 is 0 Å². The molecule has 1 N–H and O–H groups in total. The molecule has 3 rings (SSSR count). The SMILES string of the molecule is N#Cc1cccc(-c2c[nH]c3ccccc23)c1. The Kier molecular flexibility index (Phi) is 2.16. The Balaban J connectivity index is 2.24. The standard InChI is InChI=1S/C15H10N2/c16-9-11-4-3-5-12(8-11)14-10-17-15-7-2-1-6-13(14)15/h1-8,10,17H. The molecule has 0 unspecified atom stereocenters. The lowest BCUT2D eigenvalue weighted by atomic mass is 10.0. The molecule has 0 fully saturated rings. The molecule has 1 heterocycles. The fourth-order valence-corrected chi connectivity index (χ4v) is 2.07. The van der Waals surface area contributed by atoms with Crippen molar-refractivity contribution >= 4 is 10.9 Å². The average molecular weight is 218 g/mol. The first-order valence-electron chi connectivity index (χ1n) is 5.45. The van der Waals surface area contributed by atoms with E-state index in [4.69, 9.17) is 5.26 Å². The third kappa shape index (κ3) is 1.58. The van der Waals surface area contributed by atoms with Gasteiger partial charge in [0.15, 0.2) is 0 Å². The molecule has 1 aromatic heterocycles. The number of H-pyrrole nitrogens is 1. The third-order valence-electron chi connectivity index (χ3n) is 2.89. The minimum absolute atomic E-state index is 0.688. The summed E-state index contributed by atoms with van der Waals surface area (Å²) in [6.45, 7) is 0. The molecule has 0 aliphatic heterocycles. The van der Waals surface area contributed by atoms with Crippen molar-refractivity contribution < 1.29 is 0 Å². The topological polar surface area (TPSA) is 39.6 Å². The Morgan fingerprint density at radius 3 is 2.76 bits per heavy atom. The third-order valence-corrected chi connectivity index (χ3v) is 2.89. The lowest BCUT2D eigenvalue weighted by Crippen LogP contribution is -1.78. The lowest BCUT2D eigenvalue weighted by molar-refractivity contribution is 1.46. The number of nitrogens with zero attached hydrogens (tertiary/aromatic N) is 1. The van der Waals surface area contributed by atoms with Crippen molar-refractivity contribution in [3.05, 3.63) is 60.3 Å². The lowest BCUT2D eigenvalue weighted by Gasteiger charge is -1.99. The summed E-state index contributed by atoms with van der Waals surface area (Å²) in [6, 6.07) is 18.0. The van der Waals surface area contributed by atoms with E-state index in [1.807, 2.05) is 48.7 Å². The number of rotatable bonds is 1. The number of aromatic amines is 1. The first-order valence-corrected chi connectivity index (χ1v) is 5.45. The van der Waals surface area contributed by atoms with Crippen LogP contribution in [0.2, 0.25) is 0 Å². The van der Waals surface area contributed by atoms with Gasteiger partial charge in [0.1, 0.15) is 0 Å². The summed E-state index contributed by atoms with van der Waals surface area (Å²) in [7, 11) is 0. The van der Waals surface area contributed by atoms with Crippen LogP contribution in [0, 0.1) is 11.3 Å². The van der Waals surface area contributed by atoms with E-state index < -0.39 is 0 Å². The van der Waals surface area contributed by atoms with Crippen LogP contribution in [0.15, 0.2) is 54.7 Å². The number of fused-ring (bicyclic) bond motifs is 1. The number of para-hydroxylation sites is 1. The predicted molar refractivity (Wildman–Crippen MR) is 68.4 cm³/mol. The normalized spacial score (nSPS) is 10.3. The molecule has 0 aliphatic rings. The summed E-state index contributed by atoms with van der Waals surface area (Å²) in [6.07, 6.45) is 1.99. The maximum Gasteiger partial charge on any atom is 0.0991 e. The van der Waals surface area contributed by atoms with E-state index in [0.717, 1.165) is 16.6 Å². The number of nitrogens with one attached hydrogen (secondary N) is 1. The van der Waals surface area contributed by atoms with Crippen LogP contribution in [0.4, 0.5) is 0 Å². The molecular formula is C15H10N2. The van der Waals surface area contributed by atoms with E-state index in [0.29, 0.717) is 5.56 Å². The highest BCUT2D eigenvalue weighted by Gasteiger charge is 2.05. The van der Waals surface area contributed by atoms with Crippen molar-refractivity contribution in [3.63, 3.8) is 0 Å². The second-order valence-electron chi connectivity index (χ2n) is 3.94. The van der Waals surface area contributed by atoms with Crippen molar-refractivity contribution in [2.75, 3.05) is 0 Å². The molecule has 0 bridgehead atoms. The van der Waals surface area contributed by atoms with Crippen molar-refractivity contribution in [1.29, 1.82) is 5.26 Å². The maximum atomic E-state index is 8.92. The summed E-state index contributed by atoms with van der Waals surface area (Å²) >= 11 is 0. The van der Waals surface area contributed by atoms with Crippen LogP contribution >= 0.6 is 0 Å². The van der Waals surface area contributed by atoms with Gasteiger partial charge in [-0.15, -0.1) is 0 Å². The van der Waals surface area contributed by atoms with E-state index in [2.05, 4.69) is 17.1 Å². The maximum absolute atomic E-state index is 8.92. The zero-order chi connectivity index (χ0) is 11.7. The highest BCUT2D eigenvalue weighted by Crippen LogP contribution is 2.28. The quantitative estimate of drug-likeness (QED) is 0.664. The van der Waals surface area contributed by atoms with Gasteiger partial charge >= 0.3 is 0 Å². The van der Waals surface area contributed by atoms with E-state index in [9.17, 15) is 0 Å². The van der Waals surface area contributed by atoms with Crippen LogP contribution in [0.3, 0.4) is 0 Å². The van der Waals surface area contributed by atoms with E-state index in [1.165, 1.54) is 5.39 Å². The van der Waals surface area contributed by atoms with Crippen LogP contribution in [-0.4, -0.2) is 4.98 Å². The molecule has 0 radical (unpaired) electrons. The van der Waals surface area contributed by atoms with Gasteiger partial charge in [-0.05, 0) is 23.8 Å². The molecule has 2 aromatic carbocycles. The van der Waals surface area contributed by atoms with Crippen LogP contribution in [0.5, 0.6) is 0 Å². The Bertz CT molecular complexity index is 717. The summed E-state index contributed by atoms with van der Waals surface area (Å²) in [5.74, 6) is 0. The molecule has 0 amide bonds. The molecule has 80 valence electrons. The number of hydrogen-bond acceptors (Lipinski definition) is 1. The highest BCUT2D eigenvalue weighted by molar-refractivity contribution is 5.95. The molecule has 0 saturated heterocycles. The fourth-order valence-electron chi connectivity index (χ4n) is 2.07. The number of benzene rings is 2. The number of nitriles is 1. The zero-order valence-electron chi connectivity index (χ0n) is 9.14. The second-order valence-corrected chi connectivity index (χ2v) is 3.94. The molecule has 0 atom stereocenters. The van der Waals surface area contributed by atoms with Crippen molar-refractivity contribution in [2.45, 2.75) is 0 Å². The summed E-state index contributed by atoms with van der Waals surface area (Å²) < 4.78 is 0. The molecule has 0 aliphatic carbocycles. The molecule has 17 heavy (non-hydrogen) atoms. The summed E-state index contributed by atoms with van der Waals surface area (Å²) in [4.78, 5) is 3.24. The van der Waals surface area contributed by atoms with Crippen LogP contribution in [0.25, 0.3) is 22.0 Å². The van der Waals surface area contributed by atoms with Gasteiger partial charge in [-0.25, -0.2) is 0 Å². The van der Waals surface area contributed by atoms with Crippen molar-refractivity contribution in [1.82, 2.24) is 4.98 Å². The van der Waals surface area contributed by atoms with Crippen LogP contribution in [-0.2, 0) is 0 Å². The van der Waals surface area contributed by atoms with Gasteiger partial charge in [-0.1, -0.05) is 30.3 Å².